The van der Waals surface area contributed by atoms with Gasteiger partial charge in [0.05, 0.1) is 5.69 Å². The molecule has 1 aromatic carbocycles. The molecule has 0 unspecified atom stereocenters. The summed E-state index contributed by atoms with van der Waals surface area (Å²) in [7, 11) is 0. The van der Waals surface area contributed by atoms with Crippen molar-refractivity contribution in [2.24, 2.45) is 0 Å². The second kappa shape index (κ2) is 4.98. The summed E-state index contributed by atoms with van der Waals surface area (Å²) in [5.41, 5.74) is 1.11. The molecule has 17 heavy (non-hydrogen) atoms. The molecule has 88 valence electrons. The highest BCUT2D eigenvalue weighted by Crippen LogP contribution is 2.29. The Morgan fingerprint density at radius 1 is 1.41 bits per heavy atom. The third kappa shape index (κ3) is 2.73. The van der Waals surface area contributed by atoms with E-state index in [1.54, 1.807) is 18.3 Å². The average Bonchev–Trinajstić information content (AvgIpc) is 2.28. The van der Waals surface area contributed by atoms with Crippen LogP contribution in [0.3, 0.4) is 0 Å². The Kier molecular flexibility index (Phi) is 3.59. The molecule has 3 nitrogen and oxygen atoms in total. The van der Waals surface area contributed by atoms with Gasteiger partial charge in [-0.2, -0.15) is 0 Å². The predicted octanol–water partition coefficient (Wildman–Crippen LogP) is 4.08. The number of hydrogen-bond acceptors (Lipinski definition) is 3. The first-order chi connectivity index (χ1) is 8.08. The van der Waals surface area contributed by atoms with E-state index >= 15 is 0 Å². The molecule has 0 spiro atoms. The number of halogens is 3. The van der Waals surface area contributed by atoms with Gasteiger partial charge in [0.25, 0.3) is 0 Å². The Hall–Kier alpha value is -1.20. The Labute approximate surface area is 111 Å². The zero-order valence-electron chi connectivity index (χ0n) is 8.84. The van der Waals surface area contributed by atoms with Crippen molar-refractivity contribution in [3.05, 3.63) is 45.5 Å². The molecular formula is C11H8BrClFN3. The fraction of sp³-hybridized carbons (Fsp3) is 0.0909. The van der Waals surface area contributed by atoms with Crippen LogP contribution in [0.25, 0.3) is 0 Å². The molecular weight excluding hydrogens is 308 g/mol. The lowest BCUT2D eigenvalue weighted by atomic mass is 10.3. The summed E-state index contributed by atoms with van der Waals surface area (Å²) in [6.07, 6.45) is 1.58. The molecule has 2 aromatic rings. The highest BCUT2D eigenvalue weighted by atomic mass is 79.9. The average molecular weight is 317 g/mol. The second-order valence-corrected chi connectivity index (χ2v) is 4.58. The van der Waals surface area contributed by atoms with Crippen LogP contribution in [0.1, 0.15) is 5.56 Å². The van der Waals surface area contributed by atoms with E-state index in [1.807, 2.05) is 6.92 Å². The molecule has 0 fully saturated rings. The minimum absolute atomic E-state index is 0.116. The van der Waals surface area contributed by atoms with Crippen molar-refractivity contribution in [2.45, 2.75) is 6.92 Å². The van der Waals surface area contributed by atoms with E-state index in [9.17, 15) is 4.39 Å². The van der Waals surface area contributed by atoms with Crippen molar-refractivity contribution in [3.8, 4) is 0 Å². The number of nitrogens with zero attached hydrogens (tertiary/aromatic N) is 2. The maximum absolute atomic E-state index is 13.6. The van der Waals surface area contributed by atoms with Gasteiger partial charge in [0.2, 0.25) is 5.28 Å². The molecule has 0 radical (unpaired) electrons. The number of rotatable bonds is 2. The topological polar surface area (TPSA) is 37.8 Å². The minimum Gasteiger partial charge on any atom is -0.337 e. The zero-order valence-corrected chi connectivity index (χ0v) is 11.2. The molecule has 0 amide bonds. The Bertz CT molecular complexity index is 542. The molecule has 0 aliphatic heterocycles. The molecule has 0 saturated carbocycles. The lowest BCUT2D eigenvalue weighted by molar-refractivity contribution is 0.631. The molecule has 0 aliphatic rings. The van der Waals surface area contributed by atoms with Crippen molar-refractivity contribution in [3.63, 3.8) is 0 Å². The Morgan fingerprint density at radius 2 is 2.18 bits per heavy atom. The van der Waals surface area contributed by atoms with Gasteiger partial charge in [-0.05, 0) is 46.6 Å². The van der Waals surface area contributed by atoms with E-state index in [-0.39, 0.29) is 11.1 Å². The smallest absolute Gasteiger partial charge is 0.224 e. The van der Waals surface area contributed by atoms with E-state index in [2.05, 4.69) is 31.2 Å². The van der Waals surface area contributed by atoms with Gasteiger partial charge in [-0.1, -0.05) is 6.07 Å². The van der Waals surface area contributed by atoms with E-state index in [0.29, 0.717) is 16.0 Å². The van der Waals surface area contributed by atoms with Gasteiger partial charge in [-0.3, -0.25) is 0 Å². The monoisotopic (exact) mass is 315 g/mol. The molecule has 0 saturated heterocycles. The molecule has 0 bridgehead atoms. The predicted molar refractivity (Wildman–Crippen MR) is 69.2 cm³/mol. The number of aryl methyl sites for hydroxylation is 1. The summed E-state index contributed by atoms with van der Waals surface area (Å²) in [5, 5.41) is 3.01. The summed E-state index contributed by atoms with van der Waals surface area (Å²) in [6, 6.07) is 4.72. The molecule has 0 atom stereocenters. The van der Waals surface area contributed by atoms with Gasteiger partial charge in [0, 0.05) is 16.2 Å². The number of anilines is 2. The summed E-state index contributed by atoms with van der Waals surface area (Å²) in [4.78, 5) is 7.84. The SMILES string of the molecule is Cc1cnc(Cl)nc1Nc1c(F)cccc1Br. The Balaban J connectivity index is 2.41. The zero-order chi connectivity index (χ0) is 12.4. The molecule has 1 N–H and O–H groups in total. The lowest BCUT2D eigenvalue weighted by Gasteiger charge is -2.10. The van der Waals surface area contributed by atoms with E-state index in [1.165, 1.54) is 6.07 Å². The maximum atomic E-state index is 13.6. The summed E-state index contributed by atoms with van der Waals surface area (Å²) in [6.45, 7) is 1.81. The normalized spacial score (nSPS) is 10.4. The first-order valence-electron chi connectivity index (χ1n) is 4.78. The number of hydrogen-bond donors (Lipinski definition) is 1. The van der Waals surface area contributed by atoms with E-state index < -0.39 is 0 Å². The van der Waals surface area contributed by atoms with Crippen LogP contribution in [0.2, 0.25) is 5.28 Å². The van der Waals surface area contributed by atoms with Gasteiger partial charge in [-0.25, -0.2) is 14.4 Å². The molecule has 1 aromatic heterocycles. The van der Waals surface area contributed by atoms with Gasteiger partial charge in [0.1, 0.15) is 11.6 Å². The molecule has 1 heterocycles. The van der Waals surface area contributed by atoms with Crippen molar-refractivity contribution in [2.75, 3.05) is 5.32 Å². The fourth-order valence-electron chi connectivity index (χ4n) is 1.28. The molecule has 6 heteroatoms. The van der Waals surface area contributed by atoms with Crippen molar-refractivity contribution < 1.29 is 4.39 Å². The van der Waals surface area contributed by atoms with E-state index in [4.69, 9.17) is 11.6 Å². The number of benzene rings is 1. The number of para-hydroxylation sites is 1. The van der Waals surface area contributed by atoms with Crippen molar-refractivity contribution in [1.82, 2.24) is 9.97 Å². The molecule has 0 aliphatic carbocycles. The third-order valence-electron chi connectivity index (χ3n) is 2.15. The van der Waals surface area contributed by atoms with Crippen molar-refractivity contribution in [1.29, 1.82) is 0 Å². The summed E-state index contributed by atoms with van der Waals surface area (Å²) < 4.78 is 14.2. The first kappa shape index (κ1) is 12.3. The highest BCUT2D eigenvalue weighted by Gasteiger charge is 2.09. The van der Waals surface area contributed by atoms with Crippen LogP contribution < -0.4 is 5.32 Å². The van der Waals surface area contributed by atoms with Crippen LogP contribution in [0, 0.1) is 12.7 Å². The van der Waals surface area contributed by atoms with Crippen LogP contribution in [0.5, 0.6) is 0 Å². The second-order valence-electron chi connectivity index (χ2n) is 3.39. The number of aromatic nitrogens is 2. The Morgan fingerprint density at radius 3 is 2.88 bits per heavy atom. The lowest BCUT2D eigenvalue weighted by Crippen LogP contribution is -2.00. The van der Waals surface area contributed by atoms with E-state index in [0.717, 1.165) is 5.56 Å². The van der Waals surface area contributed by atoms with Crippen LogP contribution >= 0.6 is 27.5 Å². The van der Waals surface area contributed by atoms with Gasteiger partial charge >= 0.3 is 0 Å². The highest BCUT2D eigenvalue weighted by molar-refractivity contribution is 9.10. The minimum atomic E-state index is -0.367. The summed E-state index contributed by atoms with van der Waals surface area (Å²) in [5.74, 6) is 0.115. The molecule has 2 rings (SSSR count). The standard InChI is InChI=1S/C11H8BrClFN3/c1-6-5-15-11(13)17-10(6)16-9-7(12)3-2-4-8(9)14/h2-5H,1H3,(H,15,16,17). The fourth-order valence-corrected chi connectivity index (χ4v) is 1.86. The van der Waals surface area contributed by atoms with Crippen LogP contribution in [0.15, 0.2) is 28.9 Å². The summed E-state index contributed by atoms with van der Waals surface area (Å²) >= 11 is 8.96. The van der Waals surface area contributed by atoms with Crippen LogP contribution in [-0.4, -0.2) is 9.97 Å². The largest absolute Gasteiger partial charge is 0.337 e. The third-order valence-corrected chi connectivity index (χ3v) is 2.99. The van der Waals surface area contributed by atoms with Gasteiger partial charge in [-0.15, -0.1) is 0 Å². The quantitative estimate of drug-likeness (QED) is 0.848. The maximum Gasteiger partial charge on any atom is 0.224 e. The van der Waals surface area contributed by atoms with Crippen LogP contribution in [0.4, 0.5) is 15.9 Å². The van der Waals surface area contributed by atoms with Crippen molar-refractivity contribution >= 4 is 39.0 Å². The van der Waals surface area contributed by atoms with Gasteiger partial charge < -0.3 is 5.32 Å². The van der Waals surface area contributed by atoms with Gasteiger partial charge in [0.15, 0.2) is 0 Å². The van der Waals surface area contributed by atoms with Crippen LogP contribution in [-0.2, 0) is 0 Å². The number of nitrogens with one attached hydrogen (secondary N) is 1. The first-order valence-corrected chi connectivity index (χ1v) is 5.95.